The van der Waals surface area contributed by atoms with Crippen molar-refractivity contribution in [3.05, 3.63) is 48.0 Å². The minimum Gasteiger partial charge on any atom is -0.0610 e. The fourth-order valence-corrected chi connectivity index (χ4v) is 1.56. The summed E-state index contributed by atoms with van der Waals surface area (Å²) < 4.78 is 0. The first-order valence-corrected chi connectivity index (χ1v) is 4.76. The lowest BCUT2D eigenvalue weighted by atomic mass is 10.1. The monoisotopic (exact) mass is 170 g/mol. The Hall–Kier alpha value is -1.30. The second-order valence-corrected chi connectivity index (χ2v) is 3.76. The Kier molecular flexibility index (Phi) is 2.05. The molecule has 0 amide bonds. The molecule has 2 aliphatic rings. The van der Waals surface area contributed by atoms with Crippen LogP contribution in [-0.4, -0.2) is 0 Å². The van der Waals surface area contributed by atoms with Gasteiger partial charge in [-0.1, -0.05) is 56.3 Å². The van der Waals surface area contributed by atoms with Gasteiger partial charge < -0.3 is 0 Å². The van der Waals surface area contributed by atoms with E-state index < -0.39 is 0 Å². The maximum absolute atomic E-state index is 2.22. The van der Waals surface area contributed by atoms with Crippen molar-refractivity contribution in [1.29, 1.82) is 0 Å². The van der Waals surface area contributed by atoms with Crippen LogP contribution >= 0.6 is 0 Å². The van der Waals surface area contributed by atoms with Crippen LogP contribution < -0.4 is 0 Å². The van der Waals surface area contributed by atoms with Gasteiger partial charge >= 0.3 is 0 Å². The van der Waals surface area contributed by atoms with Gasteiger partial charge in [0.25, 0.3) is 0 Å². The summed E-state index contributed by atoms with van der Waals surface area (Å²) in [6.07, 6.45) is 0. The van der Waals surface area contributed by atoms with E-state index in [4.69, 9.17) is 0 Å². The third-order valence-electron chi connectivity index (χ3n) is 2.46. The van der Waals surface area contributed by atoms with Gasteiger partial charge in [-0.25, -0.2) is 0 Å². The minimum atomic E-state index is 0.608. The molecule has 0 spiro atoms. The predicted molar refractivity (Wildman–Crippen MR) is 57.2 cm³/mol. The molecule has 0 unspecified atom stereocenters. The zero-order valence-corrected chi connectivity index (χ0v) is 8.12. The largest absolute Gasteiger partial charge is 0.0610 e. The lowest BCUT2D eigenvalue weighted by molar-refractivity contribution is 0.868. The molecule has 0 atom stereocenters. The second kappa shape index (κ2) is 3.21. The number of fused-ring (bicyclic) bond motifs is 1. The van der Waals surface area contributed by atoms with E-state index in [9.17, 15) is 0 Å². The van der Waals surface area contributed by atoms with E-state index in [-0.39, 0.29) is 0 Å². The molecule has 0 heterocycles. The van der Waals surface area contributed by atoms with E-state index in [2.05, 4.69) is 56.3 Å². The van der Waals surface area contributed by atoms with Gasteiger partial charge in [0, 0.05) is 0 Å². The highest BCUT2D eigenvalue weighted by molar-refractivity contribution is 5.65. The number of hydrogen-bond donors (Lipinski definition) is 0. The van der Waals surface area contributed by atoms with Crippen LogP contribution in [-0.2, 0) is 0 Å². The fraction of sp³-hybridized carbons (Fsp3) is 0.231. The van der Waals surface area contributed by atoms with Crippen LogP contribution in [0.3, 0.4) is 0 Å². The van der Waals surface area contributed by atoms with Crippen LogP contribution in [0.2, 0.25) is 0 Å². The maximum atomic E-state index is 2.22. The molecule has 0 radical (unpaired) electrons. The van der Waals surface area contributed by atoms with Gasteiger partial charge in [-0.2, -0.15) is 0 Å². The third-order valence-corrected chi connectivity index (χ3v) is 2.46. The predicted octanol–water partition coefficient (Wildman–Crippen LogP) is 3.91. The minimum absolute atomic E-state index is 0.608. The SMILES string of the molecule is CC(C)c1ccc2cccc-2cc1. The average molecular weight is 170 g/mol. The molecule has 2 aliphatic carbocycles. The van der Waals surface area contributed by atoms with Crippen molar-refractivity contribution in [3.63, 3.8) is 0 Å². The Morgan fingerprint density at radius 1 is 0.769 bits per heavy atom. The van der Waals surface area contributed by atoms with Gasteiger partial charge in [0.2, 0.25) is 0 Å². The normalized spacial score (nSPS) is 11.0. The summed E-state index contributed by atoms with van der Waals surface area (Å²) in [6, 6.07) is 15.2. The Morgan fingerprint density at radius 3 is 1.77 bits per heavy atom. The summed E-state index contributed by atoms with van der Waals surface area (Å²) in [6.45, 7) is 4.44. The average Bonchev–Trinajstić information content (AvgIpc) is 2.44. The Labute approximate surface area is 79.6 Å². The standard InChI is InChI=1S/C13H14/c1-10(2)11-6-8-12-4-3-5-13(12)9-7-11/h3-10H,1-2H3. The summed E-state index contributed by atoms with van der Waals surface area (Å²) in [7, 11) is 0. The molecule has 0 aromatic rings. The van der Waals surface area contributed by atoms with Gasteiger partial charge in [-0.15, -0.1) is 0 Å². The highest BCUT2D eigenvalue weighted by Crippen LogP contribution is 2.23. The highest BCUT2D eigenvalue weighted by atomic mass is 14.1. The lowest BCUT2D eigenvalue weighted by Gasteiger charge is -1.99. The van der Waals surface area contributed by atoms with Crippen molar-refractivity contribution >= 4 is 0 Å². The van der Waals surface area contributed by atoms with Crippen molar-refractivity contribution in [2.45, 2.75) is 19.8 Å². The lowest BCUT2D eigenvalue weighted by Crippen LogP contribution is -1.81. The molecule has 0 N–H and O–H groups in total. The molecular weight excluding hydrogens is 156 g/mol. The molecule has 0 saturated heterocycles. The van der Waals surface area contributed by atoms with Crippen LogP contribution in [0.25, 0.3) is 11.1 Å². The molecule has 13 heavy (non-hydrogen) atoms. The molecule has 2 rings (SSSR count). The Bertz CT molecular complexity index is 343. The molecule has 0 fully saturated rings. The third kappa shape index (κ3) is 1.57. The first-order chi connectivity index (χ1) is 6.27. The summed E-state index contributed by atoms with van der Waals surface area (Å²) in [4.78, 5) is 0. The van der Waals surface area contributed by atoms with Gasteiger partial charge in [0.1, 0.15) is 0 Å². The molecule has 66 valence electrons. The first-order valence-electron chi connectivity index (χ1n) is 4.76. The first kappa shape index (κ1) is 8.31. The molecule has 0 heteroatoms. The van der Waals surface area contributed by atoms with E-state index in [1.54, 1.807) is 0 Å². The molecule has 0 aliphatic heterocycles. The second-order valence-electron chi connectivity index (χ2n) is 3.76. The Morgan fingerprint density at radius 2 is 1.31 bits per heavy atom. The van der Waals surface area contributed by atoms with Gasteiger partial charge in [-0.3, -0.25) is 0 Å². The van der Waals surface area contributed by atoms with Crippen LogP contribution in [0.5, 0.6) is 0 Å². The number of hydrogen-bond acceptors (Lipinski definition) is 0. The van der Waals surface area contributed by atoms with E-state index in [0.29, 0.717) is 5.92 Å². The smallest absolute Gasteiger partial charge is 0.0184 e. The molecule has 0 aromatic carbocycles. The molecule has 0 saturated carbocycles. The number of rotatable bonds is 1. The van der Waals surface area contributed by atoms with Gasteiger partial charge in [0.05, 0.1) is 0 Å². The summed E-state index contributed by atoms with van der Waals surface area (Å²) in [5.41, 5.74) is 4.05. The van der Waals surface area contributed by atoms with E-state index in [1.165, 1.54) is 16.7 Å². The van der Waals surface area contributed by atoms with Crippen LogP contribution in [0, 0.1) is 0 Å². The zero-order chi connectivity index (χ0) is 9.26. The van der Waals surface area contributed by atoms with Crippen molar-refractivity contribution in [2.24, 2.45) is 0 Å². The fourth-order valence-electron chi connectivity index (χ4n) is 1.56. The van der Waals surface area contributed by atoms with Crippen molar-refractivity contribution < 1.29 is 0 Å². The summed E-state index contributed by atoms with van der Waals surface area (Å²) in [5.74, 6) is 0.608. The van der Waals surface area contributed by atoms with Crippen molar-refractivity contribution in [3.8, 4) is 11.1 Å². The molecule has 0 bridgehead atoms. The maximum Gasteiger partial charge on any atom is -0.0184 e. The summed E-state index contributed by atoms with van der Waals surface area (Å²) in [5, 5.41) is 0. The van der Waals surface area contributed by atoms with E-state index in [1.807, 2.05) is 0 Å². The Balaban J connectivity index is 2.55. The molecular formula is C13H14. The van der Waals surface area contributed by atoms with Gasteiger partial charge in [-0.05, 0) is 22.6 Å². The quantitative estimate of drug-likeness (QED) is 0.608. The van der Waals surface area contributed by atoms with Crippen LogP contribution in [0.15, 0.2) is 42.5 Å². The van der Waals surface area contributed by atoms with Crippen molar-refractivity contribution in [1.82, 2.24) is 0 Å². The molecule has 0 aromatic heterocycles. The zero-order valence-electron chi connectivity index (χ0n) is 8.12. The molecule has 0 nitrogen and oxygen atoms in total. The van der Waals surface area contributed by atoms with Crippen molar-refractivity contribution in [2.75, 3.05) is 0 Å². The topological polar surface area (TPSA) is 0 Å². The van der Waals surface area contributed by atoms with Crippen LogP contribution in [0.1, 0.15) is 25.3 Å². The highest BCUT2D eigenvalue weighted by Gasteiger charge is 2.00. The van der Waals surface area contributed by atoms with Crippen LogP contribution in [0.4, 0.5) is 0 Å². The van der Waals surface area contributed by atoms with E-state index in [0.717, 1.165) is 0 Å². The van der Waals surface area contributed by atoms with Gasteiger partial charge in [0.15, 0.2) is 0 Å². The van der Waals surface area contributed by atoms with E-state index >= 15 is 0 Å². The summed E-state index contributed by atoms with van der Waals surface area (Å²) >= 11 is 0.